The van der Waals surface area contributed by atoms with Crippen LogP contribution in [0, 0.1) is 5.92 Å². The molecule has 4 rings (SSSR count). The molecule has 1 aliphatic rings. The predicted molar refractivity (Wildman–Crippen MR) is 100 cm³/mol. The third kappa shape index (κ3) is 4.06. The first-order valence-electron chi connectivity index (χ1n) is 9.07. The van der Waals surface area contributed by atoms with Crippen molar-refractivity contribution in [3.63, 3.8) is 0 Å². The minimum atomic E-state index is -0.949. The minimum Gasteiger partial charge on any atom is -0.478 e. The van der Waals surface area contributed by atoms with Gasteiger partial charge in [-0.15, -0.1) is 0 Å². The third-order valence-electron chi connectivity index (χ3n) is 4.95. The topological polar surface area (TPSA) is 79.5 Å². The summed E-state index contributed by atoms with van der Waals surface area (Å²) in [5.41, 5.74) is 1.90. The Morgan fingerprint density at radius 1 is 1.22 bits per heavy atom. The number of hydrogen-bond donors (Lipinski definition) is 1. The van der Waals surface area contributed by atoms with Crippen molar-refractivity contribution in [3.8, 4) is 11.3 Å². The molecule has 1 atom stereocenters. The standard InChI is InChI=1S/C21H21N3O3/c25-21(26)19-4-2-1-3-18(19)20-6-5-17(27-20)14-24-10-7-15(13-24)11-16-12-22-8-9-23-16/h1-6,8-9,12,15H,7,10-11,13-14H2,(H,25,26). The van der Waals surface area contributed by atoms with Crippen molar-refractivity contribution in [3.05, 3.63) is 72.0 Å². The highest BCUT2D eigenvalue weighted by atomic mass is 16.4. The maximum atomic E-state index is 11.4. The molecule has 27 heavy (non-hydrogen) atoms. The van der Waals surface area contributed by atoms with Crippen LogP contribution in [0.5, 0.6) is 0 Å². The number of furan rings is 1. The highest BCUT2D eigenvalue weighted by molar-refractivity contribution is 5.95. The van der Waals surface area contributed by atoms with E-state index in [1.54, 1.807) is 30.6 Å². The van der Waals surface area contributed by atoms with Gasteiger partial charge in [-0.3, -0.25) is 14.9 Å². The number of carboxylic acids is 1. The highest BCUT2D eigenvalue weighted by Crippen LogP contribution is 2.28. The van der Waals surface area contributed by atoms with E-state index in [-0.39, 0.29) is 5.56 Å². The molecular formula is C21H21N3O3. The molecule has 2 aromatic heterocycles. The van der Waals surface area contributed by atoms with Crippen molar-refractivity contribution in [2.45, 2.75) is 19.4 Å². The number of benzene rings is 1. The molecule has 0 amide bonds. The van der Waals surface area contributed by atoms with Gasteiger partial charge in [0.05, 0.1) is 17.8 Å². The van der Waals surface area contributed by atoms with Crippen LogP contribution in [0.3, 0.4) is 0 Å². The van der Waals surface area contributed by atoms with Gasteiger partial charge >= 0.3 is 5.97 Å². The zero-order valence-electron chi connectivity index (χ0n) is 14.9. The minimum absolute atomic E-state index is 0.253. The zero-order chi connectivity index (χ0) is 18.6. The van der Waals surface area contributed by atoms with Crippen LogP contribution in [0.4, 0.5) is 0 Å². The number of aromatic nitrogens is 2. The van der Waals surface area contributed by atoms with Gasteiger partial charge in [0.15, 0.2) is 0 Å². The SMILES string of the molecule is O=C(O)c1ccccc1-c1ccc(CN2CCC(Cc3cnccn3)C2)o1. The second-order valence-electron chi connectivity index (χ2n) is 6.91. The van der Waals surface area contributed by atoms with Crippen LogP contribution in [0.1, 0.15) is 28.2 Å². The summed E-state index contributed by atoms with van der Waals surface area (Å²) in [5, 5.41) is 9.35. The van der Waals surface area contributed by atoms with Crippen molar-refractivity contribution in [1.29, 1.82) is 0 Å². The molecular weight excluding hydrogens is 342 g/mol. The fourth-order valence-corrected chi connectivity index (χ4v) is 3.67. The van der Waals surface area contributed by atoms with E-state index >= 15 is 0 Å². The van der Waals surface area contributed by atoms with Crippen LogP contribution in [-0.2, 0) is 13.0 Å². The summed E-state index contributed by atoms with van der Waals surface area (Å²) in [6.07, 6.45) is 7.34. The maximum absolute atomic E-state index is 11.4. The Kier molecular flexibility index (Phi) is 4.98. The Balaban J connectivity index is 1.40. The third-order valence-corrected chi connectivity index (χ3v) is 4.95. The number of rotatable bonds is 6. The normalized spacial score (nSPS) is 17.3. The van der Waals surface area contributed by atoms with Gasteiger partial charge in [0.2, 0.25) is 0 Å². The first-order chi connectivity index (χ1) is 13.2. The summed E-state index contributed by atoms with van der Waals surface area (Å²) in [4.78, 5) is 22.3. The van der Waals surface area contributed by atoms with E-state index in [4.69, 9.17) is 4.42 Å². The molecule has 1 unspecified atom stereocenters. The first kappa shape index (κ1) is 17.4. The second-order valence-corrected chi connectivity index (χ2v) is 6.91. The monoisotopic (exact) mass is 363 g/mol. The molecule has 0 saturated carbocycles. The largest absolute Gasteiger partial charge is 0.478 e. The number of carboxylic acid groups (broad SMARTS) is 1. The van der Waals surface area contributed by atoms with Gasteiger partial charge in [-0.2, -0.15) is 0 Å². The van der Waals surface area contributed by atoms with E-state index in [9.17, 15) is 9.90 Å². The number of carbonyl (C=O) groups is 1. The molecule has 3 heterocycles. The molecule has 0 spiro atoms. The lowest BCUT2D eigenvalue weighted by atomic mass is 10.0. The summed E-state index contributed by atoms with van der Waals surface area (Å²) in [7, 11) is 0. The Hall–Kier alpha value is -2.99. The molecule has 3 aromatic rings. The van der Waals surface area contributed by atoms with Crippen molar-refractivity contribution < 1.29 is 14.3 Å². The number of aromatic carboxylic acids is 1. The second kappa shape index (κ2) is 7.72. The van der Waals surface area contributed by atoms with Gasteiger partial charge in [-0.1, -0.05) is 18.2 Å². The van der Waals surface area contributed by atoms with Crippen molar-refractivity contribution in [2.75, 3.05) is 13.1 Å². The van der Waals surface area contributed by atoms with Crippen molar-refractivity contribution in [2.24, 2.45) is 5.92 Å². The number of hydrogen-bond acceptors (Lipinski definition) is 5. The molecule has 138 valence electrons. The van der Waals surface area contributed by atoms with Crippen LogP contribution in [0.25, 0.3) is 11.3 Å². The molecule has 1 N–H and O–H groups in total. The summed E-state index contributed by atoms with van der Waals surface area (Å²) >= 11 is 0. The highest BCUT2D eigenvalue weighted by Gasteiger charge is 2.24. The summed E-state index contributed by atoms with van der Waals surface area (Å²) in [6, 6.07) is 10.7. The number of likely N-dealkylation sites (tertiary alicyclic amines) is 1. The predicted octanol–water partition coefficient (Wildman–Crippen LogP) is 3.50. The van der Waals surface area contributed by atoms with E-state index in [2.05, 4.69) is 14.9 Å². The van der Waals surface area contributed by atoms with E-state index in [0.29, 0.717) is 17.2 Å². The van der Waals surface area contributed by atoms with Gasteiger partial charge in [0.1, 0.15) is 11.5 Å². The molecule has 1 saturated heterocycles. The van der Waals surface area contributed by atoms with E-state index < -0.39 is 5.97 Å². The van der Waals surface area contributed by atoms with Gasteiger partial charge in [0.25, 0.3) is 0 Å². The molecule has 6 nitrogen and oxygen atoms in total. The average Bonchev–Trinajstić information content (AvgIpc) is 3.32. The summed E-state index contributed by atoms with van der Waals surface area (Å²) < 4.78 is 5.95. The van der Waals surface area contributed by atoms with Crippen LogP contribution >= 0.6 is 0 Å². The Labute approximate surface area is 157 Å². The van der Waals surface area contributed by atoms with E-state index in [1.807, 2.05) is 24.4 Å². The lowest BCUT2D eigenvalue weighted by Gasteiger charge is -2.14. The lowest BCUT2D eigenvalue weighted by molar-refractivity contribution is 0.0697. The van der Waals surface area contributed by atoms with Crippen LogP contribution in [0.2, 0.25) is 0 Å². The van der Waals surface area contributed by atoms with Gasteiger partial charge in [-0.05, 0) is 43.5 Å². The lowest BCUT2D eigenvalue weighted by Crippen LogP contribution is -2.20. The molecule has 0 radical (unpaired) electrons. The van der Waals surface area contributed by atoms with Crippen molar-refractivity contribution in [1.82, 2.24) is 14.9 Å². The molecule has 0 aliphatic carbocycles. The molecule has 6 heteroatoms. The van der Waals surface area contributed by atoms with Crippen LogP contribution < -0.4 is 0 Å². The Morgan fingerprint density at radius 3 is 2.93 bits per heavy atom. The maximum Gasteiger partial charge on any atom is 0.336 e. The molecule has 1 aliphatic heterocycles. The molecule has 0 bridgehead atoms. The van der Waals surface area contributed by atoms with E-state index in [1.165, 1.54) is 0 Å². The summed E-state index contributed by atoms with van der Waals surface area (Å²) in [5.74, 6) is 1.07. The number of nitrogens with zero attached hydrogens (tertiary/aromatic N) is 3. The van der Waals surface area contributed by atoms with Gasteiger partial charge in [0, 0.05) is 30.7 Å². The summed E-state index contributed by atoms with van der Waals surface area (Å²) in [6.45, 7) is 2.75. The molecule has 1 fully saturated rings. The Bertz CT molecular complexity index is 923. The quantitative estimate of drug-likeness (QED) is 0.722. The average molecular weight is 363 g/mol. The first-order valence-corrected chi connectivity index (χ1v) is 9.07. The van der Waals surface area contributed by atoms with Crippen molar-refractivity contribution >= 4 is 5.97 Å². The molecule has 1 aromatic carbocycles. The zero-order valence-corrected chi connectivity index (χ0v) is 14.9. The van der Waals surface area contributed by atoms with E-state index in [0.717, 1.165) is 43.9 Å². The van der Waals surface area contributed by atoms with Gasteiger partial charge < -0.3 is 9.52 Å². The van der Waals surface area contributed by atoms with Crippen LogP contribution in [0.15, 0.2) is 59.4 Å². The van der Waals surface area contributed by atoms with Gasteiger partial charge in [-0.25, -0.2) is 4.79 Å². The fourth-order valence-electron chi connectivity index (χ4n) is 3.67. The fraction of sp³-hybridized carbons (Fsp3) is 0.286. The van der Waals surface area contributed by atoms with Crippen LogP contribution in [-0.4, -0.2) is 39.0 Å². The Morgan fingerprint density at radius 2 is 2.11 bits per heavy atom. The smallest absolute Gasteiger partial charge is 0.336 e.